The van der Waals surface area contributed by atoms with Crippen molar-refractivity contribution in [3.05, 3.63) is 45.7 Å². The van der Waals surface area contributed by atoms with E-state index >= 15 is 0 Å². The molecule has 1 aromatic heterocycles. The lowest BCUT2D eigenvalue weighted by Gasteiger charge is -2.06. The Bertz CT molecular complexity index is 739. The average Bonchev–Trinajstić information content (AvgIpc) is 2.97. The molecule has 2 N–H and O–H groups in total. The fourth-order valence-electron chi connectivity index (χ4n) is 2.15. The molecule has 7 heteroatoms. The molecular weight excluding hydrogens is 386 g/mol. The number of carbonyl (C=O) groups is 2. The first-order chi connectivity index (χ1) is 11.9. The van der Waals surface area contributed by atoms with Crippen molar-refractivity contribution in [3.8, 4) is 0 Å². The molecule has 0 spiro atoms. The van der Waals surface area contributed by atoms with Gasteiger partial charge in [0, 0.05) is 5.69 Å². The Labute approximate surface area is 155 Å². The fraction of sp³-hybridized carbons (Fsp3) is 0.389. The van der Waals surface area contributed by atoms with Crippen LogP contribution in [0.15, 0.2) is 28.7 Å². The maximum absolute atomic E-state index is 12.3. The Morgan fingerprint density at radius 1 is 1.28 bits per heavy atom. The summed E-state index contributed by atoms with van der Waals surface area (Å²) in [5.41, 5.74) is 2.20. The van der Waals surface area contributed by atoms with Crippen molar-refractivity contribution >= 4 is 33.5 Å². The van der Waals surface area contributed by atoms with E-state index in [0.29, 0.717) is 28.0 Å². The summed E-state index contributed by atoms with van der Waals surface area (Å²) in [6.45, 7) is 6.48. The predicted octanol–water partition coefficient (Wildman–Crippen LogP) is 4.50. The zero-order valence-electron chi connectivity index (χ0n) is 14.6. The third-order valence-corrected chi connectivity index (χ3v) is 4.44. The number of nitrogens with zero attached hydrogens (tertiary/aromatic N) is 1. The molecule has 0 saturated heterocycles. The third-order valence-electron chi connectivity index (χ3n) is 3.63. The van der Waals surface area contributed by atoms with Gasteiger partial charge >= 0.3 is 5.97 Å². The highest BCUT2D eigenvalue weighted by Crippen LogP contribution is 2.26. The molecule has 1 amide bonds. The minimum atomic E-state index is -0.358. The number of halogens is 1. The molecule has 0 radical (unpaired) electrons. The van der Waals surface area contributed by atoms with Crippen molar-refractivity contribution in [2.75, 3.05) is 11.9 Å². The number of hydrogen-bond acceptors (Lipinski definition) is 4. The number of aromatic nitrogens is 2. The first-order valence-corrected chi connectivity index (χ1v) is 9.05. The van der Waals surface area contributed by atoms with E-state index in [1.807, 2.05) is 20.8 Å². The summed E-state index contributed by atoms with van der Waals surface area (Å²) in [6, 6.07) is 6.59. The van der Waals surface area contributed by atoms with Crippen LogP contribution in [0, 0.1) is 0 Å². The van der Waals surface area contributed by atoms with Crippen LogP contribution in [-0.2, 0) is 4.74 Å². The molecule has 0 aliphatic heterocycles. The first kappa shape index (κ1) is 19.2. The molecule has 0 aliphatic rings. The highest BCUT2D eigenvalue weighted by molar-refractivity contribution is 9.10. The summed E-state index contributed by atoms with van der Waals surface area (Å²) >= 11 is 3.41. The van der Waals surface area contributed by atoms with E-state index in [0.717, 1.165) is 18.5 Å². The summed E-state index contributed by atoms with van der Waals surface area (Å²) in [4.78, 5) is 24.2. The van der Waals surface area contributed by atoms with Crippen LogP contribution in [-0.4, -0.2) is 28.7 Å². The van der Waals surface area contributed by atoms with Crippen LogP contribution < -0.4 is 5.32 Å². The zero-order chi connectivity index (χ0) is 18.4. The highest BCUT2D eigenvalue weighted by Gasteiger charge is 2.19. The number of ether oxygens (including phenoxy) is 1. The van der Waals surface area contributed by atoms with E-state index in [-0.39, 0.29) is 17.8 Å². The molecule has 0 fully saturated rings. The van der Waals surface area contributed by atoms with E-state index in [2.05, 4.69) is 31.4 Å². The van der Waals surface area contributed by atoms with Crippen LogP contribution in [0.1, 0.15) is 66.1 Å². The Kier molecular flexibility index (Phi) is 6.75. The molecule has 134 valence electrons. The maximum atomic E-state index is 12.3. The number of unbranched alkanes of at least 4 members (excludes halogenated alkanes) is 1. The minimum Gasteiger partial charge on any atom is -0.462 e. The first-order valence-electron chi connectivity index (χ1n) is 8.26. The molecule has 2 rings (SSSR count). The number of anilines is 1. The highest BCUT2D eigenvalue weighted by atomic mass is 79.9. The Balaban J connectivity index is 2.01. The van der Waals surface area contributed by atoms with Crippen molar-refractivity contribution < 1.29 is 14.3 Å². The molecular formula is C18H22BrN3O3. The maximum Gasteiger partial charge on any atom is 0.338 e. The van der Waals surface area contributed by atoms with Gasteiger partial charge in [-0.25, -0.2) is 4.79 Å². The minimum absolute atomic E-state index is 0.224. The molecule has 0 unspecified atom stereocenters. The number of nitrogens with one attached hydrogen (secondary N) is 2. The predicted molar refractivity (Wildman–Crippen MR) is 100.0 cm³/mol. The van der Waals surface area contributed by atoms with Gasteiger partial charge in [-0.05, 0) is 52.5 Å². The van der Waals surface area contributed by atoms with E-state index < -0.39 is 0 Å². The van der Waals surface area contributed by atoms with Gasteiger partial charge in [-0.1, -0.05) is 27.2 Å². The van der Waals surface area contributed by atoms with Crippen LogP contribution in [0.2, 0.25) is 0 Å². The number of benzene rings is 1. The van der Waals surface area contributed by atoms with Gasteiger partial charge in [0.2, 0.25) is 0 Å². The van der Waals surface area contributed by atoms with Gasteiger partial charge in [0.1, 0.15) is 0 Å². The normalized spacial score (nSPS) is 10.8. The van der Waals surface area contributed by atoms with Gasteiger partial charge in [-0.3, -0.25) is 9.89 Å². The monoisotopic (exact) mass is 407 g/mol. The summed E-state index contributed by atoms with van der Waals surface area (Å²) in [5, 5.41) is 9.70. The van der Waals surface area contributed by atoms with E-state index in [9.17, 15) is 9.59 Å². The van der Waals surface area contributed by atoms with Crippen LogP contribution >= 0.6 is 15.9 Å². The van der Waals surface area contributed by atoms with Crippen molar-refractivity contribution in [3.63, 3.8) is 0 Å². The van der Waals surface area contributed by atoms with Crippen molar-refractivity contribution in [1.29, 1.82) is 0 Å². The van der Waals surface area contributed by atoms with Crippen LogP contribution in [0.25, 0.3) is 0 Å². The number of amides is 1. The lowest BCUT2D eigenvalue weighted by molar-refractivity contribution is 0.0499. The fourth-order valence-corrected chi connectivity index (χ4v) is 2.96. The second-order valence-electron chi connectivity index (χ2n) is 5.98. The largest absolute Gasteiger partial charge is 0.462 e. The van der Waals surface area contributed by atoms with Crippen LogP contribution in [0.5, 0.6) is 0 Å². The summed E-state index contributed by atoms with van der Waals surface area (Å²) in [7, 11) is 0. The average molecular weight is 408 g/mol. The topological polar surface area (TPSA) is 84.1 Å². The molecule has 1 heterocycles. The quantitative estimate of drug-likeness (QED) is 0.522. The van der Waals surface area contributed by atoms with Gasteiger partial charge in [0.25, 0.3) is 5.91 Å². The molecule has 6 nitrogen and oxygen atoms in total. The van der Waals surface area contributed by atoms with Crippen molar-refractivity contribution in [1.82, 2.24) is 10.2 Å². The second kappa shape index (κ2) is 8.80. The zero-order valence-corrected chi connectivity index (χ0v) is 16.1. The smallest absolute Gasteiger partial charge is 0.338 e. The van der Waals surface area contributed by atoms with Crippen LogP contribution in [0.3, 0.4) is 0 Å². The molecule has 2 aromatic rings. The molecule has 0 saturated carbocycles. The van der Waals surface area contributed by atoms with Gasteiger partial charge in [0.15, 0.2) is 5.69 Å². The summed E-state index contributed by atoms with van der Waals surface area (Å²) < 4.78 is 5.82. The van der Waals surface area contributed by atoms with Gasteiger partial charge < -0.3 is 10.1 Å². The lowest BCUT2D eigenvalue weighted by Crippen LogP contribution is -2.13. The number of hydrogen-bond donors (Lipinski definition) is 2. The van der Waals surface area contributed by atoms with Crippen molar-refractivity contribution in [2.24, 2.45) is 0 Å². The van der Waals surface area contributed by atoms with E-state index in [4.69, 9.17) is 4.74 Å². The number of H-pyrrole nitrogens is 1. The summed E-state index contributed by atoms with van der Waals surface area (Å²) in [6.07, 6.45) is 1.82. The molecule has 0 aliphatic carbocycles. The Hall–Kier alpha value is -2.15. The van der Waals surface area contributed by atoms with Gasteiger partial charge in [-0.2, -0.15) is 5.10 Å². The molecule has 1 aromatic carbocycles. The second-order valence-corrected chi connectivity index (χ2v) is 6.77. The molecule has 25 heavy (non-hydrogen) atoms. The Morgan fingerprint density at radius 2 is 1.96 bits per heavy atom. The number of rotatable bonds is 7. The van der Waals surface area contributed by atoms with Crippen LogP contribution in [0.4, 0.5) is 5.69 Å². The number of carbonyl (C=O) groups excluding carboxylic acids is 2. The van der Waals surface area contributed by atoms with E-state index in [1.54, 1.807) is 24.3 Å². The lowest BCUT2D eigenvalue weighted by atomic mass is 10.1. The summed E-state index contributed by atoms with van der Waals surface area (Å²) in [5.74, 6) is -0.460. The van der Waals surface area contributed by atoms with Crippen molar-refractivity contribution in [2.45, 2.75) is 39.5 Å². The van der Waals surface area contributed by atoms with Gasteiger partial charge in [-0.15, -0.1) is 0 Å². The number of aromatic amines is 1. The third kappa shape index (κ3) is 4.92. The Morgan fingerprint density at radius 3 is 2.52 bits per heavy atom. The van der Waals surface area contributed by atoms with E-state index in [1.165, 1.54) is 0 Å². The SMILES string of the molecule is CCCCOC(=O)c1ccc(NC(=O)c2n[nH]c(C(C)C)c2Br)cc1. The molecule has 0 bridgehead atoms. The number of esters is 1. The molecule has 0 atom stereocenters. The van der Waals surface area contributed by atoms with Gasteiger partial charge in [0.05, 0.1) is 22.3 Å². The standard InChI is InChI=1S/C18H22BrN3O3/c1-4-5-10-25-18(24)12-6-8-13(9-7-12)20-17(23)16-14(19)15(11(2)3)21-22-16/h6-9,11H,4-5,10H2,1-3H3,(H,20,23)(H,21,22).